The molecule has 1 N–H and O–H groups in total. The molecule has 4 heteroatoms. The van der Waals surface area contributed by atoms with E-state index in [0.29, 0.717) is 23.6 Å². The molecule has 22 heavy (non-hydrogen) atoms. The van der Waals surface area contributed by atoms with Crippen molar-refractivity contribution in [3.8, 4) is 11.5 Å². The van der Waals surface area contributed by atoms with Gasteiger partial charge in [0, 0.05) is 13.2 Å². The fourth-order valence-corrected chi connectivity index (χ4v) is 2.47. The molecule has 0 spiro atoms. The van der Waals surface area contributed by atoms with Crippen LogP contribution in [0.1, 0.15) is 23.2 Å². The molecule has 1 heterocycles. The maximum atomic E-state index is 12.4. The van der Waals surface area contributed by atoms with Gasteiger partial charge in [0.25, 0.3) is 5.91 Å². The Morgan fingerprint density at radius 2 is 1.91 bits per heavy atom. The number of hydrogen-bond donors (Lipinski definition) is 1. The second kappa shape index (κ2) is 7.09. The first-order valence-electron chi connectivity index (χ1n) is 7.54. The van der Waals surface area contributed by atoms with Crippen molar-refractivity contribution in [2.75, 3.05) is 13.2 Å². The second-order valence-corrected chi connectivity index (χ2v) is 5.26. The molecule has 1 saturated heterocycles. The minimum atomic E-state index is -0.137. The van der Waals surface area contributed by atoms with Gasteiger partial charge < -0.3 is 14.8 Å². The fourth-order valence-electron chi connectivity index (χ4n) is 2.47. The van der Waals surface area contributed by atoms with Gasteiger partial charge in [0.15, 0.2) is 0 Å². The third-order valence-corrected chi connectivity index (χ3v) is 3.62. The van der Waals surface area contributed by atoms with E-state index in [-0.39, 0.29) is 12.0 Å². The van der Waals surface area contributed by atoms with E-state index >= 15 is 0 Å². The molecule has 1 atom stereocenters. The number of ether oxygens (including phenoxy) is 2. The summed E-state index contributed by atoms with van der Waals surface area (Å²) in [6.45, 7) is 1.33. The Balaban J connectivity index is 1.68. The largest absolute Gasteiger partial charge is 0.457 e. The Bertz CT molecular complexity index is 621. The maximum Gasteiger partial charge on any atom is 0.255 e. The van der Waals surface area contributed by atoms with Gasteiger partial charge in [-0.1, -0.05) is 30.3 Å². The smallest absolute Gasteiger partial charge is 0.255 e. The van der Waals surface area contributed by atoms with Crippen LogP contribution in [0, 0.1) is 0 Å². The monoisotopic (exact) mass is 297 g/mol. The van der Waals surface area contributed by atoms with Crippen LogP contribution in [0.15, 0.2) is 54.6 Å². The van der Waals surface area contributed by atoms with Crippen molar-refractivity contribution in [2.45, 2.75) is 18.9 Å². The predicted molar refractivity (Wildman–Crippen MR) is 84.3 cm³/mol. The van der Waals surface area contributed by atoms with Gasteiger partial charge in [0.1, 0.15) is 11.5 Å². The summed E-state index contributed by atoms with van der Waals surface area (Å²) < 4.78 is 11.3. The Hall–Kier alpha value is -2.33. The van der Waals surface area contributed by atoms with E-state index in [2.05, 4.69) is 5.32 Å². The minimum absolute atomic E-state index is 0.131. The van der Waals surface area contributed by atoms with Crippen molar-refractivity contribution >= 4 is 5.91 Å². The van der Waals surface area contributed by atoms with Gasteiger partial charge in [-0.05, 0) is 37.1 Å². The summed E-state index contributed by atoms with van der Waals surface area (Å²) in [6.07, 6.45) is 2.20. The average molecular weight is 297 g/mol. The van der Waals surface area contributed by atoms with Crippen LogP contribution >= 0.6 is 0 Å². The quantitative estimate of drug-likeness (QED) is 0.920. The zero-order valence-electron chi connectivity index (χ0n) is 12.3. The molecule has 1 aliphatic heterocycles. The topological polar surface area (TPSA) is 47.6 Å². The molecule has 0 saturated carbocycles. The molecule has 3 rings (SSSR count). The zero-order valence-corrected chi connectivity index (χ0v) is 12.3. The van der Waals surface area contributed by atoms with Gasteiger partial charge >= 0.3 is 0 Å². The number of carbonyl (C=O) groups excluding carboxylic acids is 1. The Morgan fingerprint density at radius 3 is 2.68 bits per heavy atom. The van der Waals surface area contributed by atoms with Crippen molar-refractivity contribution in [3.63, 3.8) is 0 Å². The highest BCUT2D eigenvalue weighted by Gasteiger charge is 2.18. The van der Waals surface area contributed by atoms with Crippen LogP contribution in [0.3, 0.4) is 0 Å². The third kappa shape index (κ3) is 3.65. The van der Waals surface area contributed by atoms with E-state index in [4.69, 9.17) is 9.47 Å². The lowest BCUT2D eigenvalue weighted by Gasteiger charge is -2.13. The van der Waals surface area contributed by atoms with Gasteiger partial charge in [-0.25, -0.2) is 0 Å². The Labute approximate surface area is 130 Å². The second-order valence-electron chi connectivity index (χ2n) is 5.26. The molecule has 4 nitrogen and oxygen atoms in total. The highest BCUT2D eigenvalue weighted by Crippen LogP contribution is 2.25. The summed E-state index contributed by atoms with van der Waals surface area (Å²) in [5, 5.41) is 2.92. The van der Waals surface area contributed by atoms with Gasteiger partial charge in [0.05, 0.1) is 11.7 Å². The number of carbonyl (C=O) groups is 1. The fraction of sp³-hybridized carbons (Fsp3) is 0.278. The van der Waals surface area contributed by atoms with E-state index in [1.807, 2.05) is 42.5 Å². The Kier molecular flexibility index (Phi) is 4.71. The molecular formula is C18H19NO3. The molecule has 0 bridgehead atoms. The van der Waals surface area contributed by atoms with Gasteiger partial charge in [-0.3, -0.25) is 4.79 Å². The van der Waals surface area contributed by atoms with Crippen LogP contribution in [0.2, 0.25) is 0 Å². The van der Waals surface area contributed by atoms with Crippen molar-refractivity contribution in [2.24, 2.45) is 0 Å². The van der Waals surface area contributed by atoms with Gasteiger partial charge in [0.2, 0.25) is 0 Å². The van der Waals surface area contributed by atoms with E-state index in [0.717, 1.165) is 19.4 Å². The summed E-state index contributed by atoms with van der Waals surface area (Å²) in [5.41, 5.74) is 0.532. The normalized spacial score (nSPS) is 17.2. The van der Waals surface area contributed by atoms with Crippen LogP contribution < -0.4 is 10.1 Å². The first-order valence-corrected chi connectivity index (χ1v) is 7.54. The number of hydrogen-bond acceptors (Lipinski definition) is 3. The van der Waals surface area contributed by atoms with E-state index in [1.165, 1.54) is 0 Å². The maximum absolute atomic E-state index is 12.4. The van der Waals surface area contributed by atoms with Crippen molar-refractivity contribution < 1.29 is 14.3 Å². The summed E-state index contributed by atoms with van der Waals surface area (Å²) in [6, 6.07) is 16.7. The zero-order chi connectivity index (χ0) is 15.2. The molecule has 2 aromatic rings. The number of benzene rings is 2. The lowest BCUT2D eigenvalue weighted by Crippen LogP contribution is -2.31. The average Bonchev–Trinajstić information content (AvgIpc) is 3.08. The van der Waals surface area contributed by atoms with Crippen LogP contribution in [0.5, 0.6) is 11.5 Å². The SMILES string of the molecule is O=C(NC[C@H]1CCCO1)c1ccccc1Oc1ccccc1. The minimum Gasteiger partial charge on any atom is -0.457 e. The van der Waals surface area contributed by atoms with E-state index < -0.39 is 0 Å². The van der Waals surface area contributed by atoms with Crippen molar-refractivity contribution in [3.05, 3.63) is 60.2 Å². The predicted octanol–water partition coefficient (Wildman–Crippen LogP) is 3.39. The molecular weight excluding hydrogens is 278 g/mol. The van der Waals surface area contributed by atoms with Crippen LogP contribution in [-0.4, -0.2) is 25.2 Å². The molecule has 0 aliphatic carbocycles. The molecule has 0 radical (unpaired) electrons. The summed E-state index contributed by atoms with van der Waals surface area (Å²) in [5.74, 6) is 1.13. The first kappa shape index (κ1) is 14.6. The number of nitrogens with one attached hydrogen (secondary N) is 1. The van der Waals surface area contributed by atoms with Crippen LogP contribution in [0.25, 0.3) is 0 Å². The number of amides is 1. The van der Waals surface area contributed by atoms with Gasteiger partial charge in [-0.15, -0.1) is 0 Å². The Morgan fingerprint density at radius 1 is 1.14 bits per heavy atom. The molecule has 1 amide bonds. The van der Waals surface area contributed by atoms with Crippen LogP contribution in [-0.2, 0) is 4.74 Å². The summed E-state index contributed by atoms with van der Waals surface area (Å²) in [7, 11) is 0. The lowest BCUT2D eigenvalue weighted by molar-refractivity contribution is 0.0856. The van der Waals surface area contributed by atoms with Crippen molar-refractivity contribution in [1.29, 1.82) is 0 Å². The lowest BCUT2D eigenvalue weighted by atomic mass is 10.1. The van der Waals surface area contributed by atoms with E-state index in [1.54, 1.807) is 12.1 Å². The van der Waals surface area contributed by atoms with Gasteiger partial charge in [-0.2, -0.15) is 0 Å². The summed E-state index contributed by atoms with van der Waals surface area (Å²) >= 11 is 0. The third-order valence-electron chi connectivity index (χ3n) is 3.62. The summed E-state index contributed by atoms with van der Waals surface area (Å²) in [4.78, 5) is 12.4. The number of para-hydroxylation sites is 2. The molecule has 0 unspecified atom stereocenters. The molecule has 1 fully saturated rings. The van der Waals surface area contributed by atoms with E-state index in [9.17, 15) is 4.79 Å². The standard InChI is InChI=1S/C18H19NO3/c20-18(19-13-15-9-6-12-21-15)16-10-4-5-11-17(16)22-14-7-2-1-3-8-14/h1-5,7-8,10-11,15H,6,9,12-13H2,(H,19,20)/t15-/m1/s1. The van der Waals surface area contributed by atoms with Crippen molar-refractivity contribution in [1.82, 2.24) is 5.32 Å². The highest BCUT2D eigenvalue weighted by atomic mass is 16.5. The molecule has 114 valence electrons. The van der Waals surface area contributed by atoms with Crippen LogP contribution in [0.4, 0.5) is 0 Å². The highest BCUT2D eigenvalue weighted by molar-refractivity contribution is 5.97. The molecule has 2 aromatic carbocycles. The molecule has 0 aromatic heterocycles. The first-order chi connectivity index (χ1) is 10.8. The number of rotatable bonds is 5. The molecule has 1 aliphatic rings.